The molecule has 2 aromatic carbocycles. The number of hydrogen-bond acceptors (Lipinski definition) is 3. The molecule has 5 nitrogen and oxygen atoms in total. The molecule has 1 atom stereocenters. The van der Waals surface area contributed by atoms with Crippen molar-refractivity contribution in [2.24, 2.45) is 0 Å². The third-order valence-electron chi connectivity index (χ3n) is 4.99. The van der Waals surface area contributed by atoms with Crippen LogP contribution in [-0.4, -0.2) is 26.6 Å². The molecule has 0 aliphatic carbocycles. The molecule has 0 saturated heterocycles. The van der Waals surface area contributed by atoms with Gasteiger partial charge in [-0.1, -0.05) is 62.2 Å². The summed E-state index contributed by atoms with van der Waals surface area (Å²) in [5.74, 6) is -0.386. The van der Waals surface area contributed by atoms with E-state index in [1.165, 1.54) is 17.7 Å². The molecule has 0 radical (unpaired) electrons. The van der Waals surface area contributed by atoms with Crippen molar-refractivity contribution in [1.29, 1.82) is 0 Å². The molecule has 8 heteroatoms. The summed E-state index contributed by atoms with van der Waals surface area (Å²) in [6.45, 7) is 6.23. The van der Waals surface area contributed by atoms with Gasteiger partial charge in [-0.3, -0.25) is 9.10 Å². The van der Waals surface area contributed by atoms with Gasteiger partial charge in [-0.25, -0.2) is 8.42 Å². The number of halogens is 2. The Hall–Kier alpha value is -1.76. The maximum Gasteiger partial charge on any atom is 0.244 e. The van der Waals surface area contributed by atoms with Gasteiger partial charge in [0.2, 0.25) is 15.9 Å². The SMILES string of the molecule is CCc1ccc(CC)c(CNC(=O)[C@H](CC)N(c2cc(Cl)ccc2Cl)S(C)(=O)=O)c1. The molecule has 30 heavy (non-hydrogen) atoms. The Labute approximate surface area is 189 Å². The smallest absolute Gasteiger partial charge is 0.244 e. The van der Waals surface area contributed by atoms with Crippen molar-refractivity contribution in [2.45, 2.75) is 52.6 Å². The fraction of sp³-hybridized carbons (Fsp3) is 0.409. The Bertz CT molecular complexity index is 1010. The summed E-state index contributed by atoms with van der Waals surface area (Å²) in [7, 11) is -3.79. The van der Waals surface area contributed by atoms with Crippen LogP contribution in [-0.2, 0) is 34.2 Å². The van der Waals surface area contributed by atoms with Crippen molar-refractivity contribution in [3.63, 3.8) is 0 Å². The third kappa shape index (κ3) is 5.90. The predicted octanol–water partition coefficient (Wildman–Crippen LogP) is 4.98. The minimum absolute atomic E-state index is 0.191. The first-order valence-electron chi connectivity index (χ1n) is 9.95. The first-order chi connectivity index (χ1) is 14.1. The standard InChI is InChI=1S/C22H28Cl2N2O3S/c1-5-15-8-9-16(6-2)17(12-15)14-25-22(27)20(7-3)26(30(4,28)29)21-13-18(23)10-11-19(21)24/h8-13,20H,5-7,14H2,1-4H3,(H,25,27)/t20-/m0/s1. The maximum atomic E-state index is 13.1. The molecule has 0 bridgehead atoms. The molecule has 1 N–H and O–H groups in total. The second-order valence-electron chi connectivity index (χ2n) is 7.11. The van der Waals surface area contributed by atoms with Crippen LogP contribution in [0.5, 0.6) is 0 Å². The van der Waals surface area contributed by atoms with Gasteiger partial charge in [-0.2, -0.15) is 0 Å². The van der Waals surface area contributed by atoms with Gasteiger partial charge >= 0.3 is 0 Å². The van der Waals surface area contributed by atoms with Gasteiger partial charge in [0.15, 0.2) is 0 Å². The summed E-state index contributed by atoms with van der Waals surface area (Å²) in [5, 5.41) is 3.46. The highest BCUT2D eigenvalue weighted by Crippen LogP contribution is 2.33. The fourth-order valence-electron chi connectivity index (χ4n) is 3.40. The van der Waals surface area contributed by atoms with E-state index >= 15 is 0 Å². The Morgan fingerprint density at radius 2 is 1.73 bits per heavy atom. The quantitative estimate of drug-likeness (QED) is 0.561. The van der Waals surface area contributed by atoms with Crippen LogP contribution in [0.4, 0.5) is 5.69 Å². The molecular weight excluding hydrogens is 443 g/mol. The third-order valence-corrected chi connectivity index (χ3v) is 6.71. The number of amides is 1. The Morgan fingerprint density at radius 3 is 2.30 bits per heavy atom. The number of hydrogen-bond donors (Lipinski definition) is 1. The highest BCUT2D eigenvalue weighted by molar-refractivity contribution is 7.92. The zero-order valence-electron chi connectivity index (χ0n) is 17.7. The molecule has 2 aromatic rings. The van der Waals surface area contributed by atoms with Gasteiger partial charge in [0.1, 0.15) is 6.04 Å². The lowest BCUT2D eigenvalue weighted by atomic mass is 10.0. The normalized spacial score (nSPS) is 12.5. The number of nitrogens with zero attached hydrogens (tertiary/aromatic N) is 1. The largest absolute Gasteiger partial charge is 0.350 e. The summed E-state index contributed by atoms with van der Waals surface area (Å²) in [4.78, 5) is 13.1. The summed E-state index contributed by atoms with van der Waals surface area (Å²) in [6.07, 6.45) is 3.08. The summed E-state index contributed by atoms with van der Waals surface area (Å²) >= 11 is 12.3. The number of sulfonamides is 1. The van der Waals surface area contributed by atoms with E-state index in [1.807, 2.05) is 0 Å². The lowest BCUT2D eigenvalue weighted by molar-refractivity contribution is -0.122. The van der Waals surface area contributed by atoms with Crippen LogP contribution < -0.4 is 9.62 Å². The van der Waals surface area contributed by atoms with E-state index in [0.717, 1.165) is 34.5 Å². The second-order valence-corrected chi connectivity index (χ2v) is 9.81. The zero-order valence-corrected chi connectivity index (χ0v) is 20.0. The van der Waals surface area contributed by atoms with E-state index in [1.54, 1.807) is 13.0 Å². The maximum absolute atomic E-state index is 13.1. The van der Waals surface area contributed by atoms with Crippen molar-refractivity contribution < 1.29 is 13.2 Å². The highest BCUT2D eigenvalue weighted by Gasteiger charge is 2.32. The molecule has 0 fully saturated rings. The number of nitrogens with one attached hydrogen (secondary N) is 1. The van der Waals surface area contributed by atoms with Crippen LogP contribution in [0, 0.1) is 0 Å². The van der Waals surface area contributed by atoms with Crippen LogP contribution in [0.1, 0.15) is 43.9 Å². The number of carbonyl (C=O) groups is 1. The van der Waals surface area contributed by atoms with E-state index in [4.69, 9.17) is 23.2 Å². The molecule has 0 unspecified atom stereocenters. The van der Waals surface area contributed by atoms with E-state index < -0.39 is 16.1 Å². The second kappa shape index (κ2) is 10.5. The van der Waals surface area contributed by atoms with Crippen LogP contribution >= 0.6 is 23.2 Å². The van der Waals surface area contributed by atoms with E-state index in [-0.39, 0.29) is 23.0 Å². The molecule has 0 saturated carbocycles. The number of rotatable bonds is 9. The van der Waals surface area contributed by atoms with Gasteiger partial charge in [0.25, 0.3) is 0 Å². The van der Waals surface area contributed by atoms with Crippen molar-refractivity contribution in [3.05, 3.63) is 63.1 Å². The number of benzene rings is 2. The van der Waals surface area contributed by atoms with Gasteiger partial charge in [-0.05, 0) is 54.2 Å². The van der Waals surface area contributed by atoms with E-state index in [9.17, 15) is 13.2 Å². The van der Waals surface area contributed by atoms with Crippen molar-refractivity contribution >= 4 is 44.8 Å². The number of anilines is 1. The molecule has 0 aliphatic rings. The van der Waals surface area contributed by atoms with Crippen molar-refractivity contribution in [1.82, 2.24) is 5.32 Å². The molecular formula is C22H28Cl2N2O3S. The molecule has 2 rings (SSSR count). The van der Waals surface area contributed by atoms with Gasteiger partial charge < -0.3 is 5.32 Å². The topological polar surface area (TPSA) is 66.5 Å². The van der Waals surface area contributed by atoms with Gasteiger partial charge in [-0.15, -0.1) is 0 Å². The summed E-state index contributed by atoms with van der Waals surface area (Å²) < 4.78 is 26.3. The summed E-state index contributed by atoms with van der Waals surface area (Å²) in [6, 6.07) is 9.85. The fourth-order valence-corrected chi connectivity index (χ4v) is 5.04. The average Bonchev–Trinajstić information content (AvgIpc) is 2.70. The Balaban J connectivity index is 2.34. The van der Waals surface area contributed by atoms with E-state index in [0.29, 0.717) is 11.6 Å². The van der Waals surface area contributed by atoms with Crippen molar-refractivity contribution in [3.8, 4) is 0 Å². The zero-order chi connectivity index (χ0) is 22.5. The molecule has 0 spiro atoms. The summed E-state index contributed by atoms with van der Waals surface area (Å²) in [5.41, 5.74) is 3.56. The molecule has 164 valence electrons. The van der Waals surface area contributed by atoms with Crippen LogP contribution in [0.3, 0.4) is 0 Å². The van der Waals surface area contributed by atoms with Crippen LogP contribution in [0.2, 0.25) is 10.0 Å². The average molecular weight is 471 g/mol. The van der Waals surface area contributed by atoms with Gasteiger partial charge in [0, 0.05) is 11.6 Å². The Kier molecular flexibility index (Phi) is 8.59. The number of aryl methyl sites for hydroxylation is 2. The predicted molar refractivity (Wildman–Crippen MR) is 125 cm³/mol. The van der Waals surface area contributed by atoms with Crippen LogP contribution in [0.15, 0.2) is 36.4 Å². The van der Waals surface area contributed by atoms with E-state index in [2.05, 4.69) is 37.4 Å². The lowest BCUT2D eigenvalue weighted by Gasteiger charge is -2.31. The molecule has 0 heterocycles. The molecule has 1 amide bonds. The minimum atomic E-state index is -3.79. The number of carbonyl (C=O) groups excluding carboxylic acids is 1. The van der Waals surface area contributed by atoms with Gasteiger partial charge in [0.05, 0.1) is 17.0 Å². The molecule has 0 aromatic heterocycles. The molecule has 0 aliphatic heterocycles. The van der Waals surface area contributed by atoms with Crippen LogP contribution in [0.25, 0.3) is 0 Å². The first-order valence-corrected chi connectivity index (χ1v) is 12.6. The van der Waals surface area contributed by atoms with Crippen molar-refractivity contribution in [2.75, 3.05) is 10.6 Å². The monoisotopic (exact) mass is 470 g/mol. The Morgan fingerprint density at radius 1 is 1.03 bits per heavy atom. The first kappa shape index (κ1) is 24.5. The minimum Gasteiger partial charge on any atom is -0.350 e. The highest BCUT2D eigenvalue weighted by atomic mass is 35.5. The lowest BCUT2D eigenvalue weighted by Crippen LogP contribution is -2.49.